The van der Waals surface area contributed by atoms with Crippen LogP contribution in [0, 0.1) is 6.85 Å². The molecule has 0 aliphatic rings. The van der Waals surface area contributed by atoms with E-state index in [1.807, 2.05) is 160 Å². The highest BCUT2D eigenvalue weighted by Crippen LogP contribution is 2.47. The van der Waals surface area contributed by atoms with Crippen molar-refractivity contribution >= 4 is 11.0 Å². The van der Waals surface area contributed by atoms with Gasteiger partial charge in [-0.05, 0) is 144 Å². The molecule has 2 heterocycles. The number of pyridine rings is 1. The Morgan fingerprint density at radius 3 is 1.77 bits per heavy atom. The van der Waals surface area contributed by atoms with E-state index in [0.717, 1.165) is 33.4 Å². The summed E-state index contributed by atoms with van der Waals surface area (Å²) in [5.74, 6) is -2.16. The van der Waals surface area contributed by atoms with Gasteiger partial charge < -0.3 is 5.11 Å². The van der Waals surface area contributed by atoms with Crippen molar-refractivity contribution in [1.29, 1.82) is 0 Å². The standard InChI is InChI=1S/C67H63N3O/c1-43-36-48(61-53(46-26-18-13-19-27-46)28-20-30-56(61)66(5,6)7)32-33-59(43)70-60-31-21-29-54(62(60)69-64(70)55-41-52(65(2,3)4)42-57(63(55)71)67(8,9)10)50-37-49(45-24-16-12-17-25-45)38-51(39-50)58-40-47(34-35-68-58)44-22-14-11-15-23-44/h11-42,71H,1-10H3/i1D3,2D3,3D3,4D3,8D3,9D3,10D3. The molecule has 0 spiro atoms. The molecule has 4 nitrogen and oxygen atoms in total. The SMILES string of the molecule is [2H]C([2H])([2H])c1cc(-c2c(-c3ccccc3)cccc2C(C)(C)C)ccc1-n1c(-c2cc(C(C([2H])([2H])[2H])(C([2H])([2H])[2H])C([2H])([2H])[2H])cc(C(C([2H])([2H])[2H])(C([2H])([2H])[2H])C([2H])([2H])[2H])c2O)nc2c(-c3cc(-c4ccccc4)cc(-c4cc(-c5ccccc5)ccn4)c3)cccc21. The van der Waals surface area contributed by atoms with Crippen LogP contribution in [0.3, 0.4) is 0 Å². The lowest BCUT2D eigenvalue weighted by Crippen LogP contribution is -2.17. The molecule has 1 N–H and O–H groups in total. The first-order valence-electron chi connectivity index (χ1n) is 33.6. The van der Waals surface area contributed by atoms with Gasteiger partial charge in [-0.1, -0.05) is 195 Å². The molecule has 0 unspecified atom stereocenters. The molecule has 71 heavy (non-hydrogen) atoms. The predicted octanol–water partition coefficient (Wildman–Crippen LogP) is 18.0. The second-order valence-electron chi connectivity index (χ2n) is 18.9. The second kappa shape index (κ2) is 18.2. The number of hydrogen-bond acceptors (Lipinski definition) is 3. The number of fused-ring (bicyclic) bond motifs is 1. The van der Waals surface area contributed by atoms with E-state index in [1.165, 1.54) is 22.8 Å². The summed E-state index contributed by atoms with van der Waals surface area (Å²) in [5.41, 5.74) is -4.75. The Labute approximate surface area is 449 Å². The zero-order valence-corrected chi connectivity index (χ0v) is 39.3. The fourth-order valence-corrected chi connectivity index (χ4v) is 9.42. The minimum atomic E-state index is -4.25. The summed E-state index contributed by atoms with van der Waals surface area (Å²) in [6.45, 7) is -22.2. The van der Waals surface area contributed by atoms with E-state index < -0.39 is 92.5 Å². The lowest BCUT2D eigenvalue weighted by molar-refractivity contribution is 0.446. The van der Waals surface area contributed by atoms with Crippen molar-refractivity contribution in [1.82, 2.24) is 14.5 Å². The molecule has 0 saturated heterocycles. The number of aromatic hydroxyl groups is 1. The van der Waals surface area contributed by atoms with Crippen LogP contribution in [-0.2, 0) is 16.2 Å². The highest BCUT2D eigenvalue weighted by Gasteiger charge is 2.30. The summed E-state index contributed by atoms with van der Waals surface area (Å²) in [7, 11) is 0. The third-order valence-electron chi connectivity index (χ3n) is 12.9. The fraction of sp³-hybridized carbons (Fsp3) is 0.194. The Bertz CT molecular complexity index is 4330. The average Bonchev–Trinajstić information content (AvgIpc) is 0.832. The lowest BCUT2D eigenvalue weighted by Gasteiger charge is -2.28. The number of imidazole rings is 1. The van der Waals surface area contributed by atoms with Crippen LogP contribution in [0.15, 0.2) is 194 Å². The maximum atomic E-state index is 13.2. The van der Waals surface area contributed by atoms with E-state index >= 15 is 0 Å². The molecular weight excluding hydrogens is 863 g/mol. The molecule has 0 aliphatic carbocycles. The van der Waals surface area contributed by atoms with E-state index in [9.17, 15) is 9.22 Å². The predicted molar refractivity (Wildman–Crippen MR) is 299 cm³/mol. The monoisotopic (exact) mass is 947 g/mol. The number of rotatable bonds is 8. The first-order valence-corrected chi connectivity index (χ1v) is 23.1. The maximum Gasteiger partial charge on any atom is 0.149 e. The van der Waals surface area contributed by atoms with Gasteiger partial charge in [-0.15, -0.1) is 0 Å². The first kappa shape index (κ1) is 28.1. The summed E-state index contributed by atoms with van der Waals surface area (Å²) < 4.78 is 189. The van der Waals surface area contributed by atoms with Crippen LogP contribution >= 0.6 is 0 Å². The Morgan fingerprint density at radius 2 is 1.10 bits per heavy atom. The molecule has 0 radical (unpaired) electrons. The number of para-hydroxylation sites is 1. The Kier molecular flexibility index (Phi) is 7.20. The van der Waals surface area contributed by atoms with Crippen molar-refractivity contribution in [3.05, 3.63) is 217 Å². The van der Waals surface area contributed by atoms with Gasteiger partial charge in [0, 0.05) is 51.7 Å². The minimum absolute atomic E-state index is 0.0107. The van der Waals surface area contributed by atoms with Crippen LogP contribution in [0.2, 0.25) is 0 Å². The van der Waals surface area contributed by atoms with Gasteiger partial charge in [-0.3, -0.25) is 9.55 Å². The minimum Gasteiger partial charge on any atom is -0.507 e. The summed E-state index contributed by atoms with van der Waals surface area (Å²) in [5, 5.41) is 13.2. The summed E-state index contributed by atoms with van der Waals surface area (Å²) in [6.07, 6.45) is 1.67. The summed E-state index contributed by atoms with van der Waals surface area (Å²) in [4.78, 5) is 9.93. The molecule has 0 atom stereocenters. The van der Waals surface area contributed by atoms with Crippen molar-refractivity contribution in [3.8, 4) is 89.7 Å². The molecule has 2 aromatic heterocycles. The lowest BCUT2D eigenvalue weighted by atomic mass is 9.78. The second-order valence-corrected chi connectivity index (χ2v) is 18.9. The smallest absolute Gasteiger partial charge is 0.149 e. The summed E-state index contributed by atoms with van der Waals surface area (Å²) in [6, 6.07) is 53.8. The van der Waals surface area contributed by atoms with Crippen molar-refractivity contribution in [2.75, 3.05) is 0 Å². The summed E-state index contributed by atoms with van der Waals surface area (Å²) >= 11 is 0. The van der Waals surface area contributed by atoms with E-state index in [2.05, 4.69) is 0 Å². The van der Waals surface area contributed by atoms with Crippen LogP contribution in [0.1, 0.15) is 113 Å². The van der Waals surface area contributed by atoms with Crippen LogP contribution in [0.25, 0.3) is 95.0 Å². The molecule has 0 aliphatic heterocycles. The van der Waals surface area contributed by atoms with Crippen LogP contribution in [0.4, 0.5) is 0 Å². The number of benzene rings is 8. The van der Waals surface area contributed by atoms with Gasteiger partial charge in [0.2, 0.25) is 0 Å². The van der Waals surface area contributed by atoms with Gasteiger partial charge in [0.05, 0.1) is 28.0 Å². The highest BCUT2D eigenvalue weighted by molar-refractivity contribution is 5.98. The quantitative estimate of drug-likeness (QED) is 0.165. The van der Waals surface area contributed by atoms with Gasteiger partial charge in [0.15, 0.2) is 0 Å². The number of phenols is 1. The molecule has 0 bridgehead atoms. The highest BCUT2D eigenvalue weighted by atomic mass is 16.3. The molecule has 352 valence electrons. The number of phenolic OH excluding ortho intramolecular Hbond substituents is 1. The van der Waals surface area contributed by atoms with Gasteiger partial charge in [0.25, 0.3) is 0 Å². The van der Waals surface area contributed by atoms with Gasteiger partial charge in [-0.2, -0.15) is 0 Å². The zero-order chi connectivity index (χ0) is 67.3. The average molecular weight is 947 g/mol. The largest absolute Gasteiger partial charge is 0.507 e. The maximum absolute atomic E-state index is 13.2. The number of nitrogens with zero attached hydrogens (tertiary/aromatic N) is 3. The molecule has 0 saturated carbocycles. The van der Waals surface area contributed by atoms with Gasteiger partial charge >= 0.3 is 0 Å². The van der Waals surface area contributed by atoms with Crippen molar-refractivity contribution in [3.63, 3.8) is 0 Å². The molecule has 8 aromatic carbocycles. The molecule has 0 amide bonds. The first-order chi connectivity index (χ1) is 42.6. The fourth-order valence-electron chi connectivity index (χ4n) is 9.42. The van der Waals surface area contributed by atoms with E-state index in [1.54, 1.807) is 24.4 Å². The Morgan fingerprint density at radius 1 is 0.465 bits per heavy atom. The number of hydrogen-bond donors (Lipinski definition) is 1. The van der Waals surface area contributed by atoms with Gasteiger partial charge in [0.1, 0.15) is 11.6 Å². The van der Waals surface area contributed by atoms with Crippen LogP contribution in [0.5, 0.6) is 5.75 Å². The topological polar surface area (TPSA) is 50.9 Å². The number of aryl methyl sites for hydroxylation is 1. The van der Waals surface area contributed by atoms with Crippen LogP contribution < -0.4 is 0 Å². The van der Waals surface area contributed by atoms with E-state index in [4.69, 9.17) is 34.6 Å². The third kappa shape index (κ3) is 9.12. The molecule has 10 rings (SSSR count). The van der Waals surface area contributed by atoms with Crippen molar-refractivity contribution < 1.29 is 33.9 Å². The van der Waals surface area contributed by atoms with Crippen molar-refractivity contribution in [2.45, 2.75) is 85.0 Å². The Balaban J connectivity index is 1.42. The van der Waals surface area contributed by atoms with Crippen molar-refractivity contribution in [2.24, 2.45) is 0 Å². The molecular formula is C67H63N3O. The third-order valence-corrected chi connectivity index (χ3v) is 12.9. The van der Waals surface area contributed by atoms with E-state index in [0.29, 0.717) is 45.1 Å². The normalized spacial score (nSPS) is 17.8. The van der Waals surface area contributed by atoms with E-state index in [-0.39, 0.29) is 28.4 Å². The van der Waals surface area contributed by atoms with Gasteiger partial charge in [-0.25, -0.2) is 4.98 Å². The molecule has 4 heteroatoms. The molecule has 0 fully saturated rings. The van der Waals surface area contributed by atoms with Crippen LogP contribution in [-0.4, -0.2) is 19.6 Å². The molecule has 10 aromatic rings. The number of aromatic nitrogens is 3. The zero-order valence-electron chi connectivity index (χ0n) is 60.3. The Hall–Kier alpha value is -7.82.